The van der Waals surface area contributed by atoms with E-state index in [-0.39, 0.29) is 11.7 Å². The zero-order valence-electron chi connectivity index (χ0n) is 16.8. The Bertz CT molecular complexity index is 1020. The number of rotatable bonds is 7. The molecule has 2 aromatic carbocycles. The largest absolute Gasteiger partial charge is 0.375 e. The molecule has 1 heterocycles. The second-order valence-corrected chi connectivity index (χ2v) is 7.18. The number of anilines is 2. The number of aromatic amines is 1. The Kier molecular flexibility index (Phi) is 5.83. The minimum Gasteiger partial charge on any atom is -0.375 e. The number of benzene rings is 2. The maximum absolute atomic E-state index is 13.2. The second-order valence-electron chi connectivity index (χ2n) is 7.18. The maximum Gasteiger partial charge on any atom is 0.224 e. The number of carbonyl (C=O) groups excluding carboxylic acids is 2. The first-order valence-electron chi connectivity index (χ1n) is 9.69. The van der Waals surface area contributed by atoms with Crippen LogP contribution in [-0.4, -0.2) is 22.7 Å². The molecule has 0 bridgehead atoms. The van der Waals surface area contributed by atoms with Crippen molar-refractivity contribution in [2.24, 2.45) is 0 Å². The van der Waals surface area contributed by atoms with Crippen LogP contribution < -0.4 is 10.6 Å². The highest BCUT2D eigenvalue weighted by Gasteiger charge is 2.22. The van der Waals surface area contributed by atoms with Gasteiger partial charge in [0.05, 0.1) is 6.04 Å². The van der Waals surface area contributed by atoms with Gasteiger partial charge in [0, 0.05) is 40.0 Å². The number of nitrogens with one attached hydrogen (secondary N) is 3. The lowest BCUT2D eigenvalue weighted by Crippen LogP contribution is -2.27. The van der Waals surface area contributed by atoms with E-state index in [0.717, 1.165) is 45.5 Å². The smallest absolute Gasteiger partial charge is 0.224 e. The highest BCUT2D eigenvalue weighted by Crippen LogP contribution is 2.27. The lowest BCUT2D eigenvalue weighted by molar-refractivity contribution is -0.116. The Labute approximate surface area is 165 Å². The van der Waals surface area contributed by atoms with E-state index in [4.69, 9.17) is 0 Å². The maximum atomic E-state index is 13.2. The molecule has 1 atom stereocenters. The van der Waals surface area contributed by atoms with Gasteiger partial charge in [-0.1, -0.05) is 31.2 Å². The van der Waals surface area contributed by atoms with Crippen LogP contribution in [0, 0.1) is 13.8 Å². The Morgan fingerprint density at radius 2 is 1.75 bits per heavy atom. The van der Waals surface area contributed by atoms with Crippen LogP contribution in [-0.2, 0) is 4.79 Å². The van der Waals surface area contributed by atoms with E-state index in [9.17, 15) is 9.59 Å². The van der Waals surface area contributed by atoms with Gasteiger partial charge >= 0.3 is 0 Å². The number of ketones is 1. The Morgan fingerprint density at radius 3 is 2.50 bits per heavy atom. The fourth-order valence-corrected chi connectivity index (χ4v) is 3.48. The lowest BCUT2D eigenvalue weighted by atomic mass is 10.0. The first kappa shape index (κ1) is 19.7. The van der Waals surface area contributed by atoms with E-state index < -0.39 is 6.04 Å². The number of H-pyrrole nitrogens is 1. The fraction of sp³-hybridized carbons (Fsp3) is 0.304. The van der Waals surface area contributed by atoms with Crippen LogP contribution in [0.3, 0.4) is 0 Å². The highest BCUT2D eigenvalue weighted by molar-refractivity contribution is 6.12. The third kappa shape index (κ3) is 3.93. The zero-order valence-corrected chi connectivity index (χ0v) is 16.8. The number of carbonyl (C=O) groups is 2. The Morgan fingerprint density at radius 1 is 1.04 bits per heavy atom. The van der Waals surface area contributed by atoms with Gasteiger partial charge in [-0.3, -0.25) is 9.59 Å². The molecule has 1 unspecified atom stereocenters. The van der Waals surface area contributed by atoms with Gasteiger partial charge in [0.25, 0.3) is 0 Å². The molecule has 0 fully saturated rings. The van der Waals surface area contributed by atoms with Gasteiger partial charge in [-0.25, -0.2) is 0 Å². The summed E-state index contributed by atoms with van der Waals surface area (Å²) in [6.07, 6.45) is 1.30. The third-order valence-electron chi connectivity index (χ3n) is 4.99. The number of aromatic nitrogens is 1. The molecule has 3 rings (SSSR count). The van der Waals surface area contributed by atoms with Crippen molar-refractivity contribution in [2.75, 3.05) is 10.6 Å². The summed E-state index contributed by atoms with van der Waals surface area (Å²) in [5.74, 6) is 0.0380. The Hall–Kier alpha value is -3.08. The molecular formula is C23H27N3O2. The normalized spacial score (nSPS) is 12.0. The van der Waals surface area contributed by atoms with E-state index in [2.05, 4.69) is 15.6 Å². The van der Waals surface area contributed by atoms with E-state index in [0.29, 0.717) is 6.42 Å². The summed E-state index contributed by atoms with van der Waals surface area (Å²) in [7, 11) is 0. The van der Waals surface area contributed by atoms with Crippen molar-refractivity contribution in [3.63, 3.8) is 0 Å². The summed E-state index contributed by atoms with van der Waals surface area (Å²) < 4.78 is 0. The van der Waals surface area contributed by atoms with Crippen LogP contribution in [0.5, 0.6) is 0 Å². The summed E-state index contributed by atoms with van der Waals surface area (Å²) >= 11 is 0. The Balaban J connectivity index is 1.82. The van der Waals surface area contributed by atoms with Gasteiger partial charge in [0.1, 0.15) is 0 Å². The summed E-state index contributed by atoms with van der Waals surface area (Å²) in [6.45, 7) is 7.71. The summed E-state index contributed by atoms with van der Waals surface area (Å²) in [5, 5.41) is 7.21. The predicted molar refractivity (Wildman–Crippen MR) is 115 cm³/mol. The molecule has 0 aliphatic rings. The molecule has 0 saturated carbocycles. The van der Waals surface area contributed by atoms with Gasteiger partial charge in [0.2, 0.25) is 5.91 Å². The quantitative estimate of drug-likeness (QED) is 0.495. The van der Waals surface area contributed by atoms with Crippen molar-refractivity contribution in [3.05, 3.63) is 59.3 Å². The van der Waals surface area contributed by atoms with Crippen LogP contribution in [0.2, 0.25) is 0 Å². The molecular weight excluding hydrogens is 350 g/mol. The van der Waals surface area contributed by atoms with Crippen LogP contribution in [0.1, 0.15) is 48.3 Å². The molecule has 0 aliphatic carbocycles. The third-order valence-corrected chi connectivity index (χ3v) is 4.99. The molecule has 0 spiro atoms. The molecule has 0 saturated heterocycles. The predicted octanol–water partition coefficient (Wildman–Crippen LogP) is 5.21. The monoisotopic (exact) mass is 377 g/mol. The van der Waals surface area contributed by atoms with E-state index in [1.54, 1.807) is 0 Å². The van der Waals surface area contributed by atoms with Crippen LogP contribution >= 0.6 is 0 Å². The molecule has 3 N–H and O–H groups in total. The van der Waals surface area contributed by atoms with Crippen molar-refractivity contribution in [1.82, 2.24) is 4.98 Å². The average Bonchev–Trinajstić information content (AvgIpc) is 3.00. The van der Waals surface area contributed by atoms with Crippen LogP contribution in [0.15, 0.2) is 42.5 Å². The zero-order chi connectivity index (χ0) is 20.3. The van der Waals surface area contributed by atoms with E-state index >= 15 is 0 Å². The molecule has 146 valence electrons. The molecule has 0 radical (unpaired) electrons. The number of amides is 1. The van der Waals surface area contributed by atoms with Gasteiger partial charge in [-0.15, -0.1) is 0 Å². The summed E-state index contributed by atoms with van der Waals surface area (Å²) in [6, 6.07) is 13.1. The van der Waals surface area contributed by atoms with Crippen LogP contribution in [0.25, 0.3) is 10.9 Å². The summed E-state index contributed by atoms with van der Waals surface area (Å²) in [4.78, 5) is 28.4. The molecule has 5 nitrogen and oxygen atoms in total. The van der Waals surface area contributed by atoms with Crippen molar-refractivity contribution in [1.29, 1.82) is 0 Å². The number of Topliss-reactive ketones (excluding diaryl/α,β-unsaturated/α-hetero) is 1. The number of fused-ring (bicyclic) bond motifs is 1. The first-order chi connectivity index (χ1) is 13.4. The molecule has 1 aromatic heterocycles. The molecule has 3 aromatic rings. The average molecular weight is 377 g/mol. The molecule has 5 heteroatoms. The van der Waals surface area contributed by atoms with Crippen LogP contribution in [0.4, 0.5) is 11.4 Å². The number of hydrogen-bond acceptors (Lipinski definition) is 3. The number of para-hydroxylation sites is 1. The van der Waals surface area contributed by atoms with Gasteiger partial charge in [-0.2, -0.15) is 0 Å². The molecule has 1 amide bonds. The molecule has 28 heavy (non-hydrogen) atoms. The highest BCUT2D eigenvalue weighted by atomic mass is 16.1. The SMILES string of the molecule is CCCC(=O)Nc1cccc(NC(C)C(=O)c2c(C)[nH]c3ccccc23)c1C. The number of hydrogen-bond donors (Lipinski definition) is 3. The van der Waals surface area contributed by atoms with Crippen molar-refractivity contribution in [2.45, 2.75) is 46.6 Å². The number of aryl methyl sites for hydroxylation is 1. The minimum absolute atomic E-state index is 0.00120. The standard InChI is InChI=1S/C23H27N3O2/c1-5-9-21(27)26-19-13-8-12-18(14(19)2)25-16(4)23(28)22-15(3)24-20-11-7-6-10-17(20)22/h6-8,10-13,16,24-25H,5,9H2,1-4H3,(H,26,27). The van der Waals surface area contributed by atoms with Gasteiger partial charge < -0.3 is 15.6 Å². The van der Waals surface area contributed by atoms with Crippen molar-refractivity contribution < 1.29 is 9.59 Å². The van der Waals surface area contributed by atoms with Crippen molar-refractivity contribution >= 4 is 34.0 Å². The lowest BCUT2D eigenvalue weighted by Gasteiger charge is -2.18. The minimum atomic E-state index is -0.404. The fourth-order valence-electron chi connectivity index (χ4n) is 3.48. The van der Waals surface area contributed by atoms with Gasteiger partial charge in [-0.05, 0) is 51.0 Å². The topological polar surface area (TPSA) is 74.0 Å². The molecule has 0 aliphatic heterocycles. The van der Waals surface area contributed by atoms with E-state index in [1.807, 2.05) is 70.2 Å². The summed E-state index contributed by atoms with van der Waals surface area (Å²) in [5.41, 5.74) is 5.09. The van der Waals surface area contributed by atoms with Gasteiger partial charge in [0.15, 0.2) is 5.78 Å². The van der Waals surface area contributed by atoms with Crippen molar-refractivity contribution in [3.8, 4) is 0 Å². The first-order valence-corrected chi connectivity index (χ1v) is 9.69. The second kappa shape index (κ2) is 8.30. The van der Waals surface area contributed by atoms with E-state index in [1.165, 1.54) is 0 Å².